The lowest BCUT2D eigenvalue weighted by molar-refractivity contribution is -0.144. The largest absolute Gasteiger partial charge is 0.480 e. The number of rotatable bonds is 4. The molecule has 0 amide bonds. The first-order chi connectivity index (χ1) is 8.54. The summed E-state index contributed by atoms with van der Waals surface area (Å²) in [6, 6.07) is 8.83. The Morgan fingerprint density at radius 1 is 1.44 bits per heavy atom. The van der Waals surface area contributed by atoms with Gasteiger partial charge in [0.05, 0.1) is 6.54 Å². The van der Waals surface area contributed by atoms with E-state index in [1.165, 1.54) is 0 Å². The second kappa shape index (κ2) is 4.62. The molecule has 0 aliphatic rings. The number of hydrogen-bond donors (Lipinski definition) is 2. The lowest BCUT2D eigenvalue weighted by Crippen LogP contribution is -2.48. The molecule has 5 heteroatoms. The van der Waals surface area contributed by atoms with Crippen LogP contribution < -0.4 is 5.73 Å². The Bertz CT molecular complexity index is 550. The van der Waals surface area contributed by atoms with Crippen molar-refractivity contribution in [2.45, 2.75) is 19.0 Å². The van der Waals surface area contributed by atoms with Crippen LogP contribution in [0, 0.1) is 6.92 Å². The van der Waals surface area contributed by atoms with Crippen molar-refractivity contribution in [1.82, 2.24) is 9.55 Å². The van der Waals surface area contributed by atoms with E-state index in [0.717, 1.165) is 5.82 Å². The van der Waals surface area contributed by atoms with Gasteiger partial charge in [-0.25, -0.2) is 9.78 Å². The van der Waals surface area contributed by atoms with Crippen molar-refractivity contribution in [3.63, 3.8) is 0 Å². The Morgan fingerprint density at radius 2 is 2.11 bits per heavy atom. The molecule has 0 aliphatic carbocycles. The van der Waals surface area contributed by atoms with Crippen LogP contribution in [0.2, 0.25) is 0 Å². The van der Waals surface area contributed by atoms with Crippen molar-refractivity contribution >= 4 is 5.97 Å². The van der Waals surface area contributed by atoms with Crippen molar-refractivity contribution in [3.8, 4) is 0 Å². The molecule has 1 aromatic carbocycles. The van der Waals surface area contributed by atoms with Crippen LogP contribution in [0.5, 0.6) is 0 Å². The molecule has 0 saturated carbocycles. The molecule has 1 atom stereocenters. The van der Waals surface area contributed by atoms with Crippen molar-refractivity contribution in [3.05, 3.63) is 54.1 Å². The Morgan fingerprint density at radius 3 is 2.61 bits per heavy atom. The summed E-state index contributed by atoms with van der Waals surface area (Å²) in [5.41, 5.74) is 5.20. The number of nitrogens with two attached hydrogens (primary N) is 1. The molecule has 0 aliphatic heterocycles. The highest BCUT2D eigenvalue weighted by molar-refractivity contribution is 5.80. The Hall–Kier alpha value is -2.14. The maximum Gasteiger partial charge on any atom is 0.330 e. The minimum atomic E-state index is -1.45. The highest BCUT2D eigenvalue weighted by atomic mass is 16.4. The van der Waals surface area contributed by atoms with E-state index >= 15 is 0 Å². The van der Waals surface area contributed by atoms with Crippen LogP contribution in [-0.2, 0) is 16.9 Å². The Balaban J connectivity index is 2.40. The third-order valence-corrected chi connectivity index (χ3v) is 3.01. The van der Waals surface area contributed by atoms with E-state index in [9.17, 15) is 9.90 Å². The maximum atomic E-state index is 11.5. The fourth-order valence-electron chi connectivity index (χ4n) is 1.86. The molecule has 2 rings (SSSR count). The topological polar surface area (TPSA) is 81.1 Å². The third-order valence-electron chi connectivity index (χ3n) is 3.01. The maximum absolute atomic E-state index is 11.5. The highest BCUT2D eigenvalue weighted by Crippen LogP contribution is 2.21. The second-order valence-corrected chi connectivity index (χ2v) is 4.24. The predicted molar refractivity (Wildman–Crippen MR) is 66.9 cm³/mol. The number of nitrogens with zero attached hydrogens (tertiary/aromatic N) is 2. The molecule has 0 saturated heterocycles. The first kappa shape index (κ1) is 12.3. The van der Waals surface area contributed by atoms with Crippen molar-refractivity contribution in [1.29, 1.82) is 0 Å². The summed E-state index contributed by atoms with van der Waals surface area (Å²) in [7, 11) is 0. The summed E-state index contributed by atoms with van der Waals surface area (Å²) in [5.74, 6) is -0.316. The SMILES string of the molecule is Cc1nccn1CC(N)(C(=O)O)c1ccccc1. The van der Waals surface area contributed by atoms with Crippen LogP contribution in [-0.4, -0.2) is 20.6 Å². The van der Waals surface area contributed by atoms with Gasteiger partial charge in [0.25, 0.3) is 0 Å². The summed E-state index contributed by atoms with van der Waals surface area (Å²) in [5, 5.41) is 9.42. The summed E-state index contributed by atoms with van der Waals surface area (Å²) in [6.07, 6.45) is 3.35. The summed E-state index contributed by atoms with van der Waals surface area (Å²) in [4.78, 5) is 15.6. The molecule has 18 heavy (non-hydrogen) atoms. The standard InChI is InChI=1S/C13H15N3O2/c1-10-15-7-8-16(10)9-13(14,12(17)18)11-5-3-2-4-6-11/h2-8H,9,14H2,1H3,(H,17,18). The third kappa shape index (κ3) is 2.12. The minimum Gasteiger partial charge on any atom is -0.480 e. The normalized spacial score (nSPS) is 14.1. The molecule has 5 nitrogen and oxygen atoms in total. The molecule has 0 fully saturated rings. The van der Waals surface area contributed by atoms with E-state index in [0.29, 0.717) is 5.56 Å². The van der Waals surface area contributed by atoms with Crippen LogP contribution >= 0.6 is 0 Å². The van der Waals surface area contributed by atoms with E-state index in [4.69, 9.17) is 5.73 Å². The van der Waals surface area contributed by atoms with Crippen LogP contribution in [0.1, 0.15) is 11.4 Å². The average Bonchev–Trinajstić information content (AvgIpc) is 2.75. The number of carboxylic acid groups (broad SMARTS) is 1. The zero-order valence-corrected chi connectivity index (χ0v) is 10.1. The van der Waals surface area contributed by atoms with Gasteiger partial charge in [0.2, 0.25) is 0 Å². The number of hydrogen-bond acceptors (Lipinski definition) is 3. The average molecular weight is 245 g/mol. The Labute approximate surface area is 105 Å². The minimum absolute atomic E-state index is 0.151. The molecule has 1 heterocycles. The fourth-order valence-corrected chi connectivity index (χ4v) is 1.86. The first-order valence-corrected chi connectivity index (χ1v) is 5.59. The molecular weight excluding hydrogens is 230 g/mol. The van der Waals surface area contributed by atoms with Crippen molar-refractivity contribution in [2.75, 3.05) is 0 Å². The van der Waals surface area contributed by atoms with Crippen LogP contribution in [0.3, 0.4) is 0 Å². The molecule has 0 radical (unpaired) electrons. The zero-order chi connectivity index (χ0) is 13.2. The van der Waals surface area contributed by atoms with E-state index in [1.54, 1.807) is 41.2 Å². The molecule has 94 valence electrons. The molecule has 0 bridgehead atoms. The number of imidazole rings is 1. The van der Waals surface area contributed by atoms with Gasteiger partial charge in [0.15, 0.2) is 5.54 Å². The molecular formula is C13H15N3O2. The number of benzene rings is 1. The first-order valence-electron chi connectivity index (χ1n) is 5.59. The molecule has 3 N–H and O–H groups in total. The zero-order valence-electron chi connectivity index (χ0n) is 10.1. The van der Waals surface area contributed by atoms with E-state index in [2.05, 4.69) is 4.98 Å². The second-order valence-electron chi connectivity index (χ2n) is 4.24. The van der Waals surface area contributed by atoms with Crippen LogP contribution in [0.25, 0.3) is 0 Å². The van der Waals surface area contributed by atoms with Gasteiger partial charge in [-0.1, -0.05) is 30.3 Å². The molecule has 2 aromatic rings. The molecule has 1 aromatic heterocycles. The van der Waals surface area contributed by atoms with Gasteiger partial charge < -0.3 is 15.4 Å². The quantitative estimate of drug-likeness (QED) is 0.846. The lowest BCUT2D eigenvalue weighted by Gasteiger charge is -2.26. The Kier molecular flexibility index (Phi) is 3.16. The monoisotopic (exact) mass is 245 g/mol. The van der Waals surface area contributed by atoms with Gasteiger partial charge in [-0.2, -0.15) is 0 Å². The molecule has 1 unspecified atom stereocenters. The van der Waals surface area contributed by atoms with E-state index in [1.807, 2.05) is 13.0 Å². The van der Waals surface area contributed by atoms with E-state index in [-0.39, 0.29) is 6.54 Å². The predicted octanol–water partition coefficient (Wildman–Crippen LogP) is 1.13. The van der Waals surface area contributed by atoms with Gasteiger partial charge in [-0.15, -0.1) is 0 Å². The summed E-state index contributed by atoms with van der Waals surface area (Å²) in [6.45, 7) is 1.96. The van der Waals surface area contributed by atoms with Crippen LogP contribution in [0.15, 0.2) is 42.7 Å². The number of carboxylic acids is 1. The van der Waals surface area contributed by atoms with Gasteiger partial charge in [0, 0.05) is 12.4 Å². The van der Waals surface area contributed by atoms with Crippen LogP contribution in [0.4, 0.5) is 0 Å². The lowest BCUT2D eigenvalue weighted by atomic mass is 9.91. The van der Waals surface area contributed by atoms with Gasteiger partial charge >= 0.3 is 5.97 Å². The molecule has 0 spiro atoms. The van der Waals surface area contributed by atoms with Gasteiger partial charge in [-0.05, 0) is 12.5 Å². The van der Waals surface area contributed by atoms with Gasteiger partial charge in [0.1, 0.15) is 5.82 Å². The van der Waals surface area contributed by atoms with Crippen molar-refractivity contribution in [2.24, 2.45) is 5.73 Å². The van der Waals surface area contributed by atoms with E-state index < -0.39 is 11.5 Å². The smallest absolute Gasteiger partial charge is 0.330 e. The summed E-state index contributed by atoms with van der Waals surface area (Å²) >= 11 is 0. The number of aliphatic carboxylic acids is 1. The highest BCUT2D eigenvalue weighted by Gasteiger charge is 2.36. The van der Waals surface area contributed by atoms with Crippen molar-refractivity contribution < 1.29 is 9.90 Å². The number of aromatic nitrogens is 2. The summed E-state index contributed by atoms with van der Waals surface area (Å²) < 4.78 is 1.74. The number of aryl methyl sites for hydroxylation is 1. The number of carbonyl (C=O) groups is 1. The fraction of sp³-hybridized carbons (Fsp3) is 0.231. The van der Waals surface area contributed by atoms with Gasteiger partial charge in [-0.3, -0.25) is 0 Å².